The van der Waals surface area contributed by atoms with Crippen molar-refractivity contribution < 1.29 is 44.2 Å². The number of hydrogen-bond donors (Lipinski definition) is 0. The van der Waals surface area contributed by atoms with Gasteiger partial charge in [-0.2, -0.15) is 30.6 Å². The minimum Gasteiger partial charge on any atom is -0.382 e. The van der Waals surface area contributed by atoms with Gasteiger partial charge in [0.2, 0.25) is 10.0 Å². The first-order chi connectivity index (χ1) is 18.8. The van der Waals surface area contributed by atoms with E-state index in [1.165, 1.54) is 16.4 Å². The van der Waals surface area contributed by atoms with Gasteiger partial charge in [0.05, 0.1) is 40.3 Å². The lowest BCUT2D eigenvalue weighted by Crippen LogP contribution is -2.40. The highest BCUT2D eigenvalue weighted by Crippen LogP contribution is 2.39. The van der Waals surface area contributed by atoms with E-state index >= 15 is 0 Å². The van der Waals surface area contributed by atoms with Crippen molar-refractivity contribution in [3.8, 4) is 0 Å². The van der Waals surface area contributed by atoms with Crippen LogP contribution in [0.2, 0.25) is 0 Å². The summed E-state index contributed by atoms with van der Waals surface area (Å²) in [6.07, 6.45) is -9.36. The molecule has 220 valence electrons. The maximum atomic E-state index is 13.7. The van der Waals surface area contributed by atoms with Crippen LogP contribution in [0.1, 0.15) is 30.0 Å². The number of sulfonamides is 1. The first-order valence-corrected chi connectivity index (χ1v) is 14.8. The third-order valence-corrected chi connectivity index (χ3v) is 9.19. The predicted molar refractivity (Wildman–Crippen MR) is 136 cm³/mol. The third-order valence-electron chi connectivity index (χ3n) is 6.27. The molecule has 3 aromatic rings. The average molecular weight is 612 g/mol. The molecule has 0 bridgehead atoms. The lowest BCUT2D eigenvalue weighted by Gasteiger charge is -2.26. The molecule has 0 radical (unpaired) electrons. The molecule has 2 aromatic carbocycles. The Morgan fingerprint density at radius 2 is 1.75 bits per heavy atom. The molecule has 1 aliphatic heterocycles. The predicted octanol–water partition coefficient (Wildman–Crippen LogP) is 5.81. The molecule has 0 unspecified atom stereocenters. The number of morpholine rings is 1. The van der Waals surface area contributed by atoms with E-state index < -0.39 is 33.5 Å². The van der Waals surface area contributed by atoms with Gasteiger partial charge in [0, 0.05) is 38.6 Å². The minimum absolute atomic E-state index is 0.0273. The largest absolute Gasteiger partial charge is 0.416 e. The van der Waals surface area contributed by atoms with Gasteiger partial charge >= 0.3 is 12.4 Å². The summed E-state index contributed by atoms with van der Waals surface area (Å²) < 4.78 is 120. The van der Waals surface area contributed by atoms with Crippen LogP contribution in [0.25, 0.3) is 11.0 Å². The number of benzene rings is 2. The van der Waals surface area contributed by atoms with Gasteiger partial charge in [-0.05, 0) is 49.2 Å². The van der Waals surface area contributed by atoms with Crippen LogP contribution in [0.3, 0.4) is 0 Å². The second kappa shape index (κ2) is 12.3. The highest BCUT2D eigenvalue weighted by atomic mass is 32.2. The van der Waals surface area contributed by atoms with Crippen molar-refractivity contribution in [1.29, 1.82) is 0 Å². The minimum atomic E-state index is -4.99. The zero-order valence-corrected chi connectivity index (χ0v) is 23.0. The maximum absolute atomic E-state index is 13.7. The number of alkyl halides is 6. The summed E-state index contributed by atoms with van der Waals surface area (Å²) in [6.45, 7) is 4.12. The Balaban J connectivity index is 1.67. The molecule has 0 amide bonds. The number of halogens is 6. The second-order valence-corrected chi connectivity index (χ2v) is 11.8. The smallest absolute Gasteiger partial charge is 0.382 e. The van der Waals surface area contributed by atoms with E-state index in [1.807, 2.05) is 6.92 Å². The fraction of sp³-hybridized carbons (Fsp3) is 0.480. The van der Waals surface area contributed by atoms with Gasteiger partial charge in [0.25, 0.3) is 0 Å². The van der Waals surface area contributed by atoms with Gasteiger partial charge in [-0.3, -0.25) is 0 Å². The van der Waals surface area contributed by atoms with Crippen molar-refractivity contribution in [3.05, 3.63) is 53.1 Å². The first-order valence-electron chi connectivity index (χ1n) is 12.4. The van der Waals surface area contributed by atoms with Crippen LogP contribution in [0.15, 0.2) is 46.5 Å². The van der Waals surface area contributed by atoms with E-state index in [9.17, 15) is 34.8 Å². The van der Waals surface area contributed by atoms with Crippen LogP contribution < -0.4 is 0 Å². The molecule has 40 heavy (non-hydrogen) atoms. The second-order valence-electron chi connectivity index (χ2n) is 8.92. The lowest BCUT2D eigenvalue weighted by molar-refractivity contribution is -0.143. The van der Waals surface area contributed by atoms with Gasteiger partial charge in [0.1, 0.15) is 0 Å². The van der Waals surface area contributed by atoms with Gasteiger partial charge in [-0.1, -0.05) is 17.8 Å². The van der Waals surface area contributed by atoms with E-state index in [0.717, 1.165) is 17.8 Å². The van der Waals surface area contributed by atoms with Gasteiger partial charge in [-0.15, -0.1) is 0 Å². The van der Waals surface area contributed by atoms with Crippen LogP contribution in [-0.4, -0.2) is 61.8 Å². The fourth-order valence-electron chi connectivity index (χ4n) is 4.26. The van der Waals surface area contributed by atoms with Crippen LogP contribution in [0, 0.1) is 0 Å². The van der Waals surface area contributed by atoms with Crippen molar-refractivity contribution in [2.45, 2.75) is 48.0 Å². The normalized spacial score (nSPS) is 15.7. The van der Waals surface area contributed by atoms with Crippen molar-refractivity contribution in [1.82, 2.24) is 13.9 Å². The molecule has 0 spiro atoms. The Hall–Kier alpha value is -2.33. The molecule has 2 heterocycles. The Morgan fingerprint density at radius 1 is 1.02 bits per heavy atom. The van der Waals surface area contributed by atoms with Crippen molar-refractivity contribution in [2.75, 3.05) is 39.5 Å². The summed E-state index contributed by atoms with van der Waals surface area (Å²) in [7, 11) is -3.81. The number of nitrogens with zero attached hydrogens (tertiary/aromatic N) is 3. The summed E-state index contributed by atoms with van der Waals surface area (Å²) in [5.41, 5.74) is -2.17. The SMILES string of the molecule is CCOCCCn1c(SCc2ccc(C(F)(F)F)cc2C(F)(F)F)nc2cc(S(=O)(=O)N3CCOCC3)ccc21. The zero-order chi connectivity index (χ0) is 29.1. The highest BCUT2D eigenvalue weighted by molar-refractivity contribution is 7.98. The average Bonchev–Trinajstić information content (AvgIpc) is 3.26. The molecule has 4 rings (SSSR count). The number of ether oxygens (including phenoxy) is 2. The Labute approximate surface area is 231 Å². The van der Waals surface area contributed by atoms with Crippen LogP contribution >= 0.6 is 11.8 Å². The van der Waals surface area contributed by atoms with Gasteiger partial charge in [-0.25, -0.2) is 13.4 Å². The molecule has 0 N–H and O–H groups in total. The number of aryl methyl sites for hydroxylation is 1. The summed E-state index contributed by atoms with van der Waals surface area (Å²) in [6, 6.07) is 6.04. The molecule has 1 aliphatic rings. The van der Waals surface area contributed by atoms with E-state index in [4.69, 9.17) is 9.47 Å². The zero-order valence-electron chi connectivity index (χ0n) is 21.4. The molecule has 15 heteroatoms. The number of fused-ring (bicyclic) bond motifs is 1. The number of imidazole rings is 1. The summed E-state index contributed by atoms with van der Waals surface area (Å²) in [4.78, 5) is 4.54. The standard InChI is InChI=1S/C25H27F6N3O4S2/c1-2-37-11-3-8-34-22-7-6-19(40(35,36)33-9-12-38-13-10-33)15-21(22)32-23(34)39-16-17-4-5-18(24(26,27)28)14-20(17)25(29,30)31/h4-7,14-15H,2-3,8-13,16H2,1H3. The summed E-state index contributed by atoms with van der Waals surface area (Å²) >= 11 is 0.928. The maximum Gasteiger partial charge on any atom is 0.416 e. The van der Waals surface area contributed by atoms with Gasteiger partial charge in [0.15, 0.2) is 5.16 Å². The molecule has 0 atom stereocenters. The van der Waals surface area contributed by atoms with Crippen molar-refractivity contribution in [2.24, 2.45) is 0 Å². The number of thioether (sulfide) groups is 1. The fourth-order valence-corrected chi connectivity index (χ4v) is 6.74. The summed E-state index contributed by atoms with van der Waals surface area (Å²) in [5.74, 6) is -0.305. The number of hydrogen-bond acceptors (Lipinski definition) is 6. The van der Waals surface area contributed by atoms with E-state index in [0.29, 0.717) is 48.4 Å². The monoisotopic (exact) mass is 611 g/mol. The van der Waals surface area contributed by atoms with E-state index in [1.54, 1.807) is 10.6 Å². The van der Waals surface area contributed by atoms with Gasteiger partial charge < -0.3 is 14.0 Å². The van der Waals surface area contributed by atoms with Crippen LogP contribution in [0.4, 0.5) is 26.3 Å². The Morgan fingerprint density at radius 3 is 2.40 bits per heavy atom. The Bertz CT molecular complexity index is 1430. The van der Waals surface area contributed by atoms with Crippen molar-refractivity contribution >= 4 is 32.8 Å². The highest BCUT2D eigenvalue weighted by Gasteiger charge is 2.38. The lowest BCUT2D eigenvalue weighted by atomic mass is 10.0. The molecule has 1 aromatic heterocycles. The van der Waals surface area contributed by atoms with Crippen LogP contribution in [-0.2, 0) is 44.1 Å². The number of aromatic nitrogens is 2. The third kappa shape index (κ3) is 6.93. The van der Waals surface area contributed by atoms with Crippen molar-refractivity contribution in [3.63, 3.8) is 0 Å². The topological polar surface area (TPSA) is 73.7 Å². The molecule has 1 fully saturated rings. The molecular weight excluding hydrogens is 584 g/mol. The molecule has 0 saturated carbocycles. The number of rotatable bonds is 10. The van der Waals surface area contributed by atoms with E-state index in [2.05, 4.69) is 4.98 Å². The summed E-state index contributed by atoms with van der Waals surface area (Å²) in [5, 5.41) is 0.306. The quantitative estimate of drug-likeness (QED) is 0.164. The molecule has 1 saturated heterocycles. The Kier molecular flexibility index (Phi) is 9.39. The molecule has 0 aliphatic carbocycles. The molecule has 7 nitrogen and oxygen atoms in total. The molecular formula is C25H27F6N3O4S2. The van der Waals surface area contributed by atoms with Crippen LogP contribution in [0.5, 0.6) is 0 Å². The van der Waals surface area contributed by atoms with E-state index in [-0.39, 0.29) is 48.6 Å². The first kappa shape index (κ1) is 30.6.